The Morgan fingerprint density at radius 1 is 1.39 bits per heavy atom. The van der Waals surface area contributed by atoms with Crippen molar-refractivity contribution in [1.82, 2.24) is 4.90 Å². The molecule has 31 heavy (non-hydrogen) atoms. The van der Waals surface area contributed by atoms with Gasteiger partial charge in [0.2, 0.25) is 5.91 Å². The number of nitrogens with zero attached hydrogens (tertiary/aromatic N) is 2. The third-order valence-corrected chi connectivity index (χ3v) is 6.92. The number of aliphatic hydroxyl groups is 1. The predicted molar refractivity (Wildman–Crippen MR) is 113 cm³/mol. The molecular formula is C22H25ClN2O6. The molecule has 1 aromatic rings. The third kappa shape index (κ3) is 3.24. The van der Waals surface area contributed by atoms with Gasteiger partial charge in [-0.1, -0.05) is 29.8 Å². The molecule has 2 N–H and O–H groups in total. The SMILES string of the molecule is C=CCN(C(=O)C1N(CCCO)C(=O)[C@@H]2[C@H](C(=O)O)[C@@H]3CCC12O3)c1ccccc1Cl. The van der Waals surface area contributed by atoms with Crippen LogP contribution in [0.3, 0.4) is 0 Å². The van der Waals surface area contributed by atoms with Gasteiger partial charge in [-0.3, -0.25) is 14.4 Å². The van der Waals surface area contributed by atoms with Crippen LogP contribution in [0.4, 0.5) is 5.69 Å². The van der Waals surface area contributed by atoms with Gasteiger partial charge < -0.3 is 24.7 Å². The molecule has 0 saturated carbocycles. The van der Waals surface area contributed by atoms with Gasteiger partial charge in [-0.15, -0.1) is 6.58 Å². The number of aliphatic hydroxyl groups excluding tert-OH is 1. The molecule has 0 aliphatic carbocycles. The minimum Gasteiger partial charge on any atom is -0.481 e. The summed E-state index contributed by atoms with van der Waals surface area (Å²) in [6, 6.07) is 5.89. The lowest BCUT2D eigenvalue weighted by Crippen LogP contribution is -2.56. The van der Waals surface area contributed by atoms with Crippen molar-refractivity contribution in [2.75, 3.05) is 24.6 Å². The lowest BCUT2D eigenvalue weighted by Gasteiger charge is -2.37. The molecule has 3 heterocycles. The number of amides is 2. The molecule has 3 saturated heterocycles. The van der Waals surface area contributed by atoms with E-state index in [1.165, 1.54) is 9.80 Å². The highest BCUT2D eigenvalue weighted by Gasteiger charge is 2.74. The molecule has 2 unspecified atom stereocenters. The molecule has 1 spiro atoms. The minimum atomic E-state index is -1.20. The van der Waals surface area contributed by atoms with E-state index in [9.17, 15) is 24.6 Å². The van der Waals surface area contributed by atoms with Crippen molar-refractivity contribution in [2.45, 2.75) is 37.0 Å². The maximum atomic E-state index is 13.9. The Balaban J connectivity index is 1.79. The number of carbonyl (C=O) groups is 3. The minimum absolute atomic E-state index is 0.134. The van der Waals surface area contributed by atoms with Crippen molar-refractivity contribution < 1.29 is 29.3 Å². The van der Waals surface area contributed by atoms with Crippen LogP contribution < -0.4 is 4.90 Å². The van der Waals surface area contributed by atoms with Crippen LogP contribution in [0.1, 0.15) is 19.3 Å². The number of anilines is 1. The standard InChI is InChI=1S/C22H25ClN2O6/c1-2-10-24(14-7-4-3-6-13(14)23)20(28)18-22-9-8-15(31-22)16(21(29)30)17(22)19(27)25(18)11-5-12-26/h2-4,6-7,15-18,26H,1,5,8-12H2,(H,29,30)/t15-,16+,17-,18?,22?/m0/s1. The van der Waals surface area contributed by atoms with Gasteiger partial charge in [0, 0.05) is 19.7 Å². The van der Waals surface area contributed by atoms with Crippen LogP contribution in [0.15, 0.2) is 36.9 Å². The largest absolute Gasteiger partial charge is 0.481 e. The first kappa shape index (κ1) is 21.8. The summed E-state index contributed by atoms with van der Waals surface area (Å²) in [4.78, 5) is 42.1. The van der Waals surface area contributed by atoms with Gasteiger partial charge in [-0.05, 0) is 31.4 Å². The van der Waals surface area contributed by atoms with Gasteiger partial charge in [0.05, 0.1) is 28.6 Å². The van der Waals surface area contributed by atoms with Gasteiger partial charge in [0.25, 0.3) is 5.91 Å². The second-order valence-electron chi connectivity index (χ2n) is 8.19. The first-order valence-electron chi connectivity index (χ1n) is 10.4. The Kier molecular flexibility index (Phi) is 5.81. The summed E-state index contributed by atoms with van der Waals surface area (Å²) in [6.07, 6.45) is 2.15. The molecule has 166 valence electrons. The van der Waals surface area contributed by atoms with Crippen LogP contribution in [-0.4, -0.2) is 70.3 Å². The van der Waals surface area contributed by atoms with Gasteiger partial charge in [0.1, 0.15) is 11.6 Å². The highest BCUT2D eigenvalue weighted by atomic mass is 35.5. The van der Waals surface area contributed by atoms with E-state index in [0.29, 0.717) is 23.6 Å². The van der Waals surface area contributed by atoms with Crippen molar-refractivity contribution in [3.8, 4) is 0 Å². The van der Waals surface area contributed by atoms with Crippen LogP contribution >= 0.6 is 11.6 Å². The average Bonchev–Trinajstić information content (AvgIpc) is 3.38. The Labute approximate surface area is 185 Å². The highest BCUT2D eigenvalue weighted by molar-refractivity contribution is 6.34. The Morgan fingerprint density at radius 2 is 2.13 bits per heavy atom. The molecule has 2 amide bonds. The molecule has 4 rings (SSSR count). The van der Waals surface area contributed by atoms with E-state index in [2.05, 4.69) is 6.58 Å². The topological polar surface area (TPSA) is 107 Å². The number of fused-ring (bicyclic) bond motifs is 1. The zero-order valence-electron chi connectivity index (χ0n) is 16.9. The van der Waals surface area contributed by atoms with E-state index >= 15 is 0 Å². The van der Waals surface area contributed by atoms with E-state index in [1.807, 2.05) is 0 Å². The number of para-hydroxylation sites is 1. The zero-order chi connectivity index (χ0) is 22.3. The second kappa shape index (κ2) is 8.26. The number of carbonyl (C=O) groups excluding carboxylic acids is 2. The number of carboxylic acids is 1. The Hall–Kier alpha value is -2.42. The number of ether oxygens (including phenoxy) is 1. The molecule has 0 aromatic heterocycles. The number of rotatable bonds is 8. The maximum absolute atomic E-state index is 13.9. The quantitative estimate of drug-likeness (QED) is 0.586. The molecule has 5 atom stereocenters. The van der Waals surface area contributed by atoms with Crippen LogP contribution in [0.5, 0.6) is 0 Å². The van der Waals surface area contributed by atoms with E-state index in [-0.39, 0.29) is 26.1 Å². The first-order valence-corrected chi connectivity index (χ1v) is 10.7. The summed E-state index contributed by atoms with van der Waals surface area (Å²) in [6.45, 7) is 3.87. The monoisotopic (exact) mass is 448 g/mol. The van der Waals surface area contributed by atoms with Crippen LogP contribution in [0, 0.1) is 11.8 Å². The van der Waals surface area contributed by atoms with Crippen LogP contribution in [0.2, 0.25) is 5.02 Å². The molecule has 8 nitrogen and oxygen atoms in total. The summed E-state index contributed by atoms with van der Waals surface area (Å²) in [5.41, 5.74) is -0.719. The van der Waals surface area contributed by atoms with Crippen molar-refractivity contribution in [2.24, 2.45) is 11.8 Å². The molecule has 1 aromatic carbocycles. The number of hydrogen-bond donors (Lipinski definition) is 2. The Bertz CT molecular complexity index is 923. The number of benzene rings is 1. The fourth-order valence-corrected chi connectivity index (χ4v) is 5.69. The zero-order valence-corrected chi connectivity index (χ0v) is 17.7. The lowest BCUT2D eigenvalue weighted by molar-refractivity contribution is -0.149. The van der Waals surface area contributed by atoms with Crippen molar-refractivity contribution in [1.29, 1.82) is 0 Å². The number of likely N-dealkylation sites (tertiary alicyclic amines) is 1. The van der Waals surface area contributed by atoms with Gasteiger partial charge in [-0.2, -0.15) is 0 Å². The van der Waals surface area contributed by atoms with Crippen LogP contribution in [0.25, 0.3) is 0 Å². The highest BCUT2D eigenvalue weighted by Crippen LogP contribution is 2.58. The number of aliphatic carboxylic acids is 1. The van der Waals surface area contributed by atoms with Crippen molar-refractivity contribution in [3.05, 3.63) is 41.9 Å². The maximum Gasteiger partial charge on any atom is 0.310 e. The van der Waals surface area contributed by atoms with E-state index in [1.54, 1.807) is 30.3 Å². The summed E-state index contributed by atoms with van der Waals surface area (Å²) >= 11 is 6.36. The van der Waals surface area contributed by atoms with Crippen molar-refractivity contribution in [3.63, 3.8) is 0 Å². The number of halogens is 1. The van der Waals surface area contributed by atoms with Gasteiger partial charge in [-0.25, -0.2) is 0 Å². The molecule has 0 radical (unpaired) electrons. The second-order valence-corrected chi connectivity index (χ2v) is 8.60. The molecule has 3 aliphatic heterocycles. The van der Waals surface area contributed by atoms with Gasteiger partial charge in [0.15, 0.2) is 0 Å². The fraction of sp³-hybridized carbons (Fsp3) is 0.500. The molecule has 3 aliphatic rings. The summed E-state index contributed by atoms with van der Waals surface area (Å²) in [5, 5.41) is 19.5. The summed E-state index contributed by atoms with van der Waals surface area (Å²) < 4.78 is 6.15. The smallest absolute Gasteiger partial charge is 0.310 e. The fourth-order valence-electron chi connectivity index (χ4n) is 5.45. The third-order valence-electron chi connectivity index (χ3n) is 6.60. The lowest BCUT2D eigenvalue weighted by atomic mass is 9.70. The van der Waals surface area contributed by atoms with Crippen LogP contribution in [-0.2, 0) is 19.1 Å². The van der Waals surface area contributed by atoms with Gasteiger partial charge >= 0.3 is 5.97 Å². The number of carboxylic acid groups (broad SMARTS) is 1. The average molecular weight is 449 g/mol. The summed E-state index contributed by atoms with van der Waals surface area (Å²) in [7, 11) is 0. The van der Waals surface area contributed by atoms with E-state index in [4.69, 9.17) is 16.3 Å². The molecule has 2 bridgehead atoms. The number of hydrogen-bond acceptors (Lipinski definition) is 5. The van der Waals surface area contributed by atoms with E-state index in [0.717, 1.165) is 0 Å². The first-order chi connectivity index (χ1) is 14.9. The molecule has 3 fully saturated rings. The van der Waals surface area contributed by atoms with Crippen molar-refractivity contribution >= 4 is 35.1 Å². The molecule has 9 heteroatoms. The predicted octanol–water partition coefficient (Wildman–Crippen LogP) is 1.70. The molecular weight excluding hydrogens is 424 g/mol. The normalized spacial score (nSPS) is 31.0. The summed E-state index contributed by atoms with van der Waals surface area (Å²) in [5.74, 6) is -3.79. The Morgan fingerprint density at radius 3 is 2.77 bits per heavy atom. The van der Waals surface area contributed by atoms with E-state index < -0.39 is 47.4 Å².